The van der Waals surface area contributed by atoms with Gasteiger partial charge in [-0.3, -0.25) is 9.69 Å². The largest absolute Gasteiger partial charge is 0.469 e. The van der Waals surface area contributed by atoms with Crippen LogP contribution in [0.3, 0.4) is 0 Å². The van der Waals surface area contributed by atoms with Crippen LogP contribution in [0, 0.1) is 11.8 Å². The summed E-state index contributed by atoms with van der Waals surface area (Å²) in [6.45, 7) is 8.67. The average molecular weight is 271 g/mol. The number of hydrogen-bond donors (Lipinski definition) is 2. The lowest BCUT2D eigenvalue weighted by atomic mass is 9.94. The lowest BCUT2D eigenvalue weighted by molar-refractivity contribution is -0.147. The molecule has 3 N–H and O–H groups in total. The first-order valence-corrected chi connectivity index (χ1v) is 7.30. The fourth-order valence-electron chi connectivity index (χ4n) is 2.62. The molecule has 1 rings (SSSR count). The van der Waals surface area contributed by atoms with Crippen molar-refractivity contribution in [3.05, 3.63) is 0 Å². The molecule has 1 aliphatic heterocycles. The van der Waals surface area contributed by atoms with Gasteiger partial charge in [-0.1, -0.05) is 13.8 Å². The molecular weight excluding hydrogens is 242 g/mol. The van der Waals surface area contributed by atoms with Gasteiger partial charge in [-0.25, -0.2) is 0 Å². The summed E-state index contributed by atoms with van der Waals surface area (Å²) in [7, 11) is 1.46. The first kappa shape index (κ1) is 16.4. The van der Waals surface area contributed by atoms with Crippen LogP contribution in [-0.4, -0.2) is 56.7 Å². The van der Waals surface area contributed by atoms with Gasteiger partial charge >= 0.3 is 5.97 Å². The van der Waals surface area contributed by atoms with Gasteiger partial charge in [0, 0.05) is 32.2 Å². The number of carbonyl (C=O) groups excluding carboxylic acids is 1. The van der Waals surface area contributed by atoms with E-state index in [1.54, 1.807) is 0 Å². The van der Waals surface area contributed by atoms with Gasteiger partial charge in [-0.05, 0) is 25.3 Å². The number of esters is 1. The van der Waals surface area contributed by atoms with Crippen LogP contribution in [0.25, 0.3) is 0 Å². The molecule has 1 aliphatic rings. The van der Waals surface area contributed by atoms with Crippen molar-refractivity contribution in [2.75, 3.05) is 39.8 Å². The molecule has 0 amide bonds. The lowest BCUT2D eigenvalue weighted by Gasteiger charge is -2.37. The summed E-state index contributed by atoms with van der Waals surface area (Å²) in [4.78, 5) is 14.0. The van der Waals surface area contributed by atoms with Crippen molar-refractivity contribution in [3.8, 4) is 0 Å². The molecule has 0 saturated carbocycles. The van der Waals surface area contributed by atoms with Gasteiger partial charge in [-0.2, -0.15) is 0 Å². The Morgan fingerprint density at radius 2 is 2.21 bits per heavy atom. The fourth-order valence-corrected chi connectivity index (χ4v) is 2.62. The van der Waals surface area contributed by atoms with E-state index in [9.17, 15) is 4.79 Å². The van der Waals surface area contributed by atoms with Gasteiger partial charge in [0.05, 0.1) is 13.0 Å². The summed E-state index contributed by atoms with van der Waals surface area (Å²) in [6, 6.07) is 0.364. The van der Waals surface area contributed by atoms with E-state index in [2.05, 4.69) is 24.1 Å². The number of piperidine rings is 1. The number of ether oxygens (including phenoxy) is 1. The maximum absolute atomic E-state index is 11.7. The summed E-state index contributed by atoms with van der Waals surface area (Å²) in [6.07, 6.45) is 2.03. The Labute approximate surface area is 116 Å². The van der Waals surface area contributed by atoms with E-state index < -0.39 is 0 Å². The SMILES string of the molecule is COC(=O)C1CC(NCCC(C)C)CN(CCN)C1. The Balaban J connectivity index is 2.47. The highest BCUT2D eigenvalue weighted by Gasteiger charge is 2.31. The molecule has 1 heterocycles. The van der Waals surface area contributed by atoms with Gasteiger partial charge in [0.1, 0.15) is 0 Å². The third-order valence-electron chi connectivity index (χ3n) is 3.66. The minimum Gasteiger partial charge on any atom is -0.469 e. The van der Waals surface area contributed by atoms with E-state index in [1.165, 1.54) is 7.11 Å². The number of rotatable bonds is 7. The number of hydrogen-bond acceptors (Lipinski definition) is 5. The topological polar surface area (TPSA) is 67.6 Å². The molecule has 1 fully saturated rings. The van der Waals surface area contributed by atoms with E-state index in [1.807, 2.05) is 0 Å². The number of nitrogens with zero attached hydrogens (tertiary/aromatic N) is 1. The van der Waals surface area contributed by atoms with Crippen molar-refractivity contribution in [3.63, 3.8) is 0 Å². The van der Waals surface area contributed by atoms with Crippen LogP contribution >= 0.6 is 0 Å². The number of carbonyl (C=O) groups is 1. The molecule has 0 spiro atoms. The normalized spacial score (nSPS) is 24.7. The van der Waals surface area contributed by atoms with Crippen LogP contribution in [0.1, 0.15) is 26.7 Å². The van der Waals surface area contributed by atoms with Crippen molar-refractivity contribution < 1.29 is 9.53 Å². The predicted octanol–water partition coefficient (Wildman–Crippen LogP) is 0.444. The lowest BCUT2D eigenvalue weighted by Crippen LogP contribution is -2.52. The van der Waals surface area contributed by atoms with Crippen molar-refractivity contribution >= 4 is 5.97 Å². The molecule has 1 saturated heterocycles. The predicted molar refractivity (Wildman–Crippen MR) is 76.9 cm³/mol. The van der Waals surface area contributed by atoms with Crippen LogP contribution < -0.4 is 11.1 Å². The van der Waals surface area contributed by atoms with Crippen LogP contribution in [0.4, 0.5) is 0 Å². The maximum atomic E-state index is 11.7. The third-order valence-corrected chi connectivity index (χ3v) is 3.66. The van der Waals surface area contributed by atoms with Gasteiger partial charge in [0.15, 0.2) is 0 Å². The van der Waals surface area contributed by atoms with Crippen molar-refractivity contribution in [2.45, 2.75) is 32.7 Å². The molecular formula is C14H29N3O2. The van der Waals surface area contributed by atoms with E-state index >= 15 is 0 Å². The van der Waals surface area contributed by atoms with Gasteiger partial charge < -0.3 is 15.8 Å². The summed E-state index contributed by atoms with van der Waals surface area (Å²) in [5.74, 6) is 0.576. The second kappa shape index (κ2) is 8.51. The first-order chi connectivity index (χ1) is 9.06. The quantitative estimate of drug-likeness (QED) is 0.658. The Morgan fingerprint density at radius 3 is 2.79 bits per heavy atom. The number of methoxy groups -OCH3 is 1. The number of nitrogens with two attached hydrogens (primary N) is 1. The summed E-state index contributed by atoms with van der Waals surface area (Å²) in [5.41, 5.74) is 5.62. The molecule has 112 valence electrons. The summed E-state index contributed by atoms with van der Waals surface area (Å²) < 4.78 is 4.88. The molecule has 19 heavy (non-hydrogen) atoms. The molecule has 0 bridgehead atoms. The molecule has 0 aromatic rings. The van der Waals surface area contributed by atoms with E-state index in [-0.39, 0.29) is 11.9 Å². The van der Waals surface area contributed by atoms with Crippen molar-refractivity contribution in [2.24, 2.45) is 17.6 Å². The fraction of sp³-hybridized carbons (Fsp3) is 0.929. The molecule has 0 aromatic carbocycles. The Morgan fingerprint density at radius 1 is 1.47 bits per heavy atom. The third kappa shape index (κ3) is 5.89. The number of likely N-dealkylation sites (tertiary alicyclic amines) is 1. The monoisotopic (exact) mass is 271 g/mol. The smallest absolute Gasteiger partial charge is 0.310 e. The van der Waals surface area contributed by atoms with E-state index in [0.29, 0.717) is 18.5 Å². The Kier molecular flexibility index (Phi) is 7.34. The zero-order chi connectivity index (χ0) is 14.3. The van der Waals surface area contributed by atoms with Crippen LogP contribution in [0.2, 0.25) is 0 Å². The highest BCUT2D eigenvalue weighted by atomic mass is 16.5. The zero-order valence-electron chi connectivity index (χ0n) is 12.5. The summed E-state index contributed by atoms with van der Waals surface area (Å²) >= 11 is 0. The minimum atomic E-state index is -0.0996. The van der Waals surface area contributed by atoms with E-state index in [4.69, 9.17) is 10.5 Å². The highest BCUT2D eigenvalue weighted by Crippen LogP contribution is 2.18. The molecule has 5 heteroatoms. The van der Waals surface area contributed by atoms with Gasteiger partial charge in [0.2, 0.25) is 0 Å². The Bertz CT molecular complexity index is 271. The highest BCUT2D eigenvalue weighted by molar-refractivity contribution is 5.72. The van der Waals surface area contributed by atoms with E-state index in [0.717, 1.165) is 39.0 Å². The molecule has 0 radical (unpaired) electrons. The van der Waals surface area contributed by atoms with Crippen molar-refractivity contribution in [1.29, 1.82) is 0 Å². The molecule has 5 nitrogen and oxygen atoms in total. The molecule has 2 unspecified atom stereocenters. The second-order valence-electron chi connectivity index (χ2n) is 5.84. The summed E-state index contributed by atoms with van der Waals surface area (Å²) in [5, 5.41) is 3.56. The standard InChI is InChI=1S/C14H29N3O2/c1-11(2)4-6-16-13-8-12(14(18)19-3)9-17(10-13)7-5-15/h11-13,16H,4-10,15H2,1-3H3. The van der Waals surface area contributed by atoms with Gasteiger partial charge in [0.25, 0.3) is 0 Å². The zero-order valence-corrected chi connectivity index (χ0v) is 12.5. The molecule has 0 aromatic heterocycles. The first-order valence-electron chi connectivity index (χ1n) is 7.30. The minimum absolute atomic E-state index is 0.0261. The van der Waals surface area contributed by atoms with Crippen molar-refractivity contribution in [1.82, 2.24) is 10.2 Å². The van der Waals surface area contributed by atoms with Crippen LogP contribution in [-0.2, 0) is 9.53 Å². The molecule has 2 atom stereocenters. The maximum Gasteiger partial charge on any atom is 0.310 e. The van der Waals surface area contributed by atoms with Crippen LogP contribution in [0.5, 0.6) is 0 Å². The van der Waals surface area contributed by atoms with Crippen LogP contribution in [0.15, 0.2) is 0 Å². The number of nitrogens with one attached hydrogen (secondary N) is 1. The van der Waals surface area contributed by atoms with Gasteiger partial charge in [-0.15, -0.1) is 0 Å². The Hall–Kier alpha value is -0.650. The average Bonchev–Trinajstić information content (AvgIpc) is 2.37. The second-order valence-corrected chi connectivity index (χ2v) is 5.84. The molecule has 0 aliphatic carbocycles.